The van der Waals surface area contributed by atoms with Crippen LogP contribution in [-0.2, 0) is 11.2 Å². The van der Waals surface area contributed by atoms with E-state index in [1.165, 1.54) is 36.0 Å². The summed E-state index contributed by atoms with van der Waals surface area (Å²) in [5.74, 6) is -0.606. The molecule has 1 fully saturated rings. The van der Waals surface area contributed by atoms with Crippen molar-refractivity contribution in [3.63, 3.8) is 0 Å². The molecule has 1 saturated heterocycles. The molecule has 5 rings (SSSR count). The van der Waals surface area contributed by atoms with Gasteiger partial charge in [-0.1, -0.05) is 30.3 Å². The van der Waals surface area contributed by atoms with E-state index in [-0.39, 0.29) is 17.4 Å². The highest BCUT2D eigenvalue weighted by Crippen LogP contribution is 2.35. The topological polar surface area (TPSA) is 91.6 Å². The van der Waals surface area contributed by atoms with Crippen molar-refractivity contribution in [3.05, 3.63) is 111 Å². The molecule has 0 bridgehead atoms. The predicted molar refractivity (Wildman–Crippen MR) is 136 cm³/mol. The predicted octanol–water partition coefficient (Wildman–Crippen LogP) is 6.06. The Bertz CT molecular complexity index is 1490. The molecule has 3 aromatic carbocycles. The minimum atomic E-state index is -0.474. The number of nitrogens with one attached hydrogen (secondary N) is 1. The summed E-state index contributed by atoms with van der Waals surface area (Å²) in [6.45, 7) is 0.389. The Morgan fingerprint density at radius 3 is 2.66 bits per heavy atom. The summed E-state index contributed by atoms with van der Waals surface area (Å²) < 4.78 is 13.7. The first-order valence-corrected chi connectivity index (χ1v) is 11.6. The zero-order valence-corrected chi connectivity index (χ0v) is 19.2. The lowest BCUT2D eigenvalue weighted by Gasteiger charge is -2.15. The number of carbonyl (C=O) groups excluding carboxylic acids is 1. The van der Waals surface area contributed by atoms with E-state index < -0.39 is 4.92 Å². The molecule has 1 aliphatic heterocycles. The van der Waals surface area contributed by atoms with Crippen LogP contribution in [-0.4, -0.2) is 32.4 Å². The number of halogens is 1. The molecule has 35 heavy (non-hydrogen) atoms. The van der Waals surface area contributed by atoms with E-state index in [1.54, 1.807) is 35.2 Å². The fourth-order valence-corrected chi connectivity index (χ4v) is 4.89. The standard InChI is InChI=1S/C26H19FN4O3S/c27-19-5-3-4-17(14-19)15-24-25(32)30(13-12-18-16-28-23-7-2-1-6-22(18)23)26(35-24)29-20-8-10-21(11-9-20)31(33)34/h1-11,14-16,28H,12-13H2/b24-15-,29-26?. The van der Waals surface area contributed by atoms with E-state index in [1.807, 2.05) is 30.5 Å². The largest absolute Gasteiger partial charge is 0.361 e. The fourth-order valence-electron chi connectivity index (χ4n) is 3.87. The van der Waals surface area contributed by atoms with E-state index in [4.69, 9.17) is 0 Å². The first-order valence-electron chi connectivity index (χ1n) is 10.8. The number of fused-ring (bicyclic) bond motifs is 1. The van der Waals surface area contributed by atoms with E-state index in [2.05, 4.69) is 9.98 Å². The van der Waals surface area contributed by atoms with Crippen molar-refractivity contribution in [1.82, 2.24) is 9.88 Å². The number of nitro groups is 1. The lowest BCUT2D eigenvalue weighted by molar-refractivity contribution is -0.384. The quantitative estimate of drug-likeness (QED) is 0.204. The summed E-state index contributed by atoms with van der Waals surface area (Å²) in [5.41, 5.74) is 3.14. The van der Waals surface area contributed by atoms with Gasteiger partial charge in [-0.3, -0.25) is 19.8 Å². The van der Waals surface area contributed by atoms with Crippen molar-refractivity contribution in [2.24, 2.45) is 4.99 Å². The molecule has 0 aliphatic carbocycles. The van der Waals surface area contributed by atoms with Crippen LogP contribution < -0.4 is 0 Å². The Balaban J connectivity index is 1.46. The van der Waals surface area contributed by atoms with Crippen molar-refractivity contribution in [2.45, 2.75) is 6.42 Å². The monoisotopic (exact) mass is 486 g/mol. The number of nitro benzene ring substituents is 1. The second-order valence-corrected chi connectivity index (χ2v) is 8.91. The van der Waals surface area contributed by atoms with Crippen molar-refractivity contribution in [3.8, 4) is 0 Å². The highest BCUT2D eigenvalue weighted by Gasteiger charge is 2.33. The zero-order chi connectivity index (χ0) is 24.4. The van der Waals surface area contributed by atoms with E-state index in [9.17, 15) is 19.3 Å². The Morgan fingerprint density at radius 1 is 1.09 bits per heavy atom. The Kier molecular flexibility index (Phi) is 6.15. The maximum Gasteiger partial charge on any atom is 0.269 e. The molecular weight excluding hydrogens is 467 g/mol. The minimum absolute atomic E-state index is 0.0352. The van der Waals surface area contributed by atoms with Gasteiger partial charge in [-0.15, -0.1) is 0 Å². The Morgan fingerprint density at radius 2 is 1.89 bits per heavy atom. The Labute approximate surface area is 204 Å². The van der Waals surface area contributed by atoms with Crippen LogP contribution in [0.1, 0.15) is 11.1 Å². The number of thioether (sulfide) groups is 1. The first-order chi connectivity index (χ1) is 17.0. The van der Waals surface area contributed by atoms with E-state index in [0.717, 1.165) is 16.5 Å². The molecule has 0 radical (unpaired) electrons. The van der Waals surface area contributed by atoms with Gasteiger partial charge in [-0.2, -0.15) is 0 Å². The molecular formula is C26H19FN4O3S. The maximum atomic E-state index is 13.7. The van der Waals surface area contributed by atoms with E-state index >= 15 is 0 Å². The average molecular weight is 487 g/mol. The van der Waals surface area contributed by atoms with Crippen LogP contribution in [0, 0.1) is 15.9 Å². The number of nitrogens with zero attached hydrogens (tertiary/aromatic N) is 3. The van der Waals surface area contributed by atoms with Crippen LogP contribution in [0.15, 0.2) is 88.9 Å². The molecule has 0 atom stereocenters. The average Bonchev–Trinajstić information content (AvgIpc) is 3.39. The maximum absolute atomic E-state index is 13.7. The summed E-state index contributed by atoms with van der Waals surface area (Å²) in [5, 5.41) is 12.5. The number of amides is 1. The summed E-state index contributed by atoms with van der Waals surface area (Å²) in [4.78, 5) is 33.7. The molecule has 9 heteroatoms. The number of amidine groups is 1. The fraction of sp³-hybridized carbons (Fsp3) is 0.0769. The number of non-ortho nitro benzene ring substituents is 1. The third kappa shape index (κ3) is 4.85. The second kappa shape index (κ2) is 9.55. The number of H-pyrrole nitrogens is 1. The molecule has 7 nitrogen and oxygen atoms in total. The van der Waals surface area contributed by atoms with E-state index in [0.29, 0.717) is 34.3 Å². The van der Waals surface area contributed by atoms with Crippen molar-refractivity contribution in [1.29, 1.82) is 0 Å². The first kappa shape index (κ1) is 22.5. The molecule has 0 spiro atoms. The highest BCUT2D eigenvalue weighted by atomic mass is 32.2. The smallest absolute Gasteiger partial charge is 0.269 e. The van der Waals surface area contributed by atoms with Crippen LogP contribution in [0.4, 0.5) is 15.8 Å². The molecule has 174 valence electrons. The summed E-state index contributed by atoms with van der Waals surface area (Å²) >= 11 is 1.20. The molecule has 1 aromatic heterocycles. The molecule has 4 aromatic rings. The van der Waals surface area contributed by atoms with Crippen LogP contribution in [0.25, 0.3) is 17.0 Å². The van der Waals surface area contributed by atoms with Crippen LogP contribution in [0.2, 0.25) is 0 Å². The number of rotatable bonds is 6. The van der Waals surface area contributed by atoms with Gasteiger partial charge < -0.3 is 4.98 Å². The number of benzene rings is 3. The summed E-state index contributed by atoms with van der Waals surface area (Å²) in [7, 11) is 0. The molecule has 1 amide bonds. The number of para-hydroxylation sites is 1. The number of carbonyl (C=O) groups is 1. The highest BCUT2D eigenvalue weighted by molar-refractivity contribution is 8.18. The third-order valence-corrected chi connectivity index (χ3v) is 6.61. The molecule has 2 heterocycles. The molecule has 1 aliphatic rings. The number of hydrogen-bond donors (Lipinski definition) is 1. The second-order valence-electron chi connectivity index (χ2n) is 7.90. The van der Waals surface area contributed by atoms with Gasteiger partial charge in [-0.25, -0.2) is 9.38 Å². The normalized spacial score (nSPS) is 16.0. The molecule has 0 unspecified atom stereocenters. The van der Waals surface area contributed by atoms with Gasteiger partial charge in [0.25, 0.3) is 11.6 Å². The molecule has 1 N–H and O–H groups in total. The number of aromatic amines is 1. The van der Waals surface area contributed by atoms with Crippen LogP contribution in [0.3, 0.4) is 0 Å². The van der Waals surface area contributed by atoms with Gasteiger partial charge in [0.1, 0.15) is 5.82 Å². The van der Waals surface area contributed by atoms with Gasteiger partial charge in [0.05, 0.1) is 15.5 Å². The van der Waals surface area contributed by atoms with Gasteiger partial charge in [0.2, 0.25) is 0 Å². The van der Waals surface area contributed by atoms with Gasteiger partial charge in [-0.05, 0) is 65.7 Å². The third-order valence-electron chi connectivity index (χ3n) is 5.60. The minimum Gasteiger partial charge on any atom is -0.361 e. The lowest BCUT2D eigenvalue weighted by atomic mass is 10.1. The SMILES string of the molecule is O=C1/C(=C/c2cccc(F)c2)SC(=Nc2ccc([N+](=O)[O-])cc2)N1CCc1c[nH]c2ccccc12. The number of aromatic nitrogens is 1. The lowest BCUT2D eigenvalue weighted by Crippen LogP contribution is -2.31. The van der Waals surface area contributed by atoms with Gasteiger partial charge in [0, 0.05) is 35.8 Å². The van der Waals surface area contributed by atoms with Crippen molar-refractivity contribution in [2.75, 3.05) is 6.54 Å². The number of hydrogen-bond acceptors (Lipinski definition) is 5. The van der Waals surface area contributed by atoms with Gasteiger partial charge >= 0.3 is 0 Å². The summed E-state index contributed by atoms with van der Waals surface area (Å²) in [6.07, 6.45) is 4.19. The molecule has 0 saturated carbocycles. The zero-order valence-electron chi connectivity index (χ0n) is 18.3. The Hall–Kier alpha value is -4.24. The summed E-state index contributed by atoms with van der Waals surface area (Å²) in [6, 6.07) is 19.8. The number of aliphatic imine (C=N–C) groups is 1. The van der Waals surface area contributed by atoms with Crippen LogP contribution in [0.5, 0.6) is 0 Å². The van der Waals surface area contributed by atoms with Gasteiger partial charge in [0.15, 0.2) is 5.17 Å². The van der Waals surface area contributed by atoms with Crippen molar-refractivity contribution >= 4 is 51.2 Å². The van der Waals surface area contributed by atoms with Crippen LogP contribution >= 0.6 is 11.8 Å². The van der Waals surface area contributed by atoms with Crippen molar-refractivity contribution < 1.29 is 14.1 Å².